The Morgan fingerprint density at radius 3 is 2.22 bits per heavy atom. The van der Waals surface area contributed by atoms with Crippen LogP contribution in [0.1, 0.15) is 58.6 Å². The number of aryl methyl sites for hydroxylation is 1. The molecule has 5 aromatic rings. The fraction of sp³-hybridized carbons (Fsp3) is 0.397. The van der Waals surface area contributed by atoms with Crippen LogP contribution >= 0.6 is 23.1 Å². The van der Waals surface area contributed by atoms with Gasteiger partial charge in [0.1, 0.15) is 30.2 Å². The third-order valence-electron chi connectivity index (χ3n) is 13.5. The summed E-state index contributed by atoms with van der Waals surface area (Å²) in [6.45, 7) is 15.1. The van der Waals surface area contributed by atoms with Crippen molar-refractivity contribution in [3.8, 4) is 33.4 Å². The van der Waals surface area contributed by atoms with Gasteiger partial charge in [-0.3, -0.25) is 28.9 Å². The number of aromatic nitrogens is 1. The molecule has 82 heavy (non-hydrogen) atoms. The lowest BCUT2D eigenvalue weighted by atomic mass is 10.0. The first-order valence-electron chi connectivity index (χ1n) is 26.3. The van der Waals surface area contributed by atoms with Crippen LogP contribution in [0, 0.1) is 19.4 Å². The summed E-state index contributed by atoms with van der Waals surface area (Å²) in [6, 6.07) is 18.5. The smallest absolute Gasteiger partial charge is 0.418 e. The first-order valence-corrected chi connectivity index (χ1v) is 28.0. The van der Waals surface area contributed by atoms with Gasteiger partial charge in [-0.05, 0) is 83.8 Å². The number of hydrogen-bond acceptors (Lipinski definition) is 16. The van der Waals surface area contributed by atoms with Gasteiger partial charge in [0.05, 0.1) is 106 Å². The van der Waals surface area contributed by atoms with Crippen LogP contribution in [0.5, 0.6) is 23.0 Å². The van der Waals surface area contributed by atoms with Crippen LogP contribution in [0.15, 0.2) is 89.3 Å². The molecule has 0 unspecified atom stereocenters. The van der Waals surface area contributed by atoms with Gasteiger partial charge in [0.2, 0.25) is 11.8 Å². The summed E-state index contributed by atoms with van der Waals surface area (Å²) in [7, 11) is 1.30. The number of ether oxygens (including phenoxy) is 7. The number of aliphatic hydroxyl groups excluding tert-OH is 1. The molecule has 0 spiro atoms. The normalized spacial score (nSPS) is 17.0. The zero-order valence-corrected chi connectivity index (χ0v) is 47.0. The molecule has 5 amide bonds. The number of alkyl halides is 3. The highest BCUT2D eigenvalue weighted by molar-refractivity contribution is 8.18. The number of methoxy groups -OCH3 is 1. The number of thioether (sulfide) groups is 1. The van der Waals surface area contributed by atoms with E-state index in [4.69, 9.17) is 39.7 Å². The van der Waals surface area contributed by atoms with Crippen molar-refractivity contribution in [2.75, 3.05) is 79.7 Å². The van der Waals surface area contributed by atoms with Crippen LogP contribution < -0.4 is 19.5 Å². The second-order valence-electron chi connectivity index (χ2n) is 19.4. The van der Waals surface area contributed by atoms with Gasteiger partial charge in [-0.15, -0.1) is 11.3 Å². The number of β-amino-alcohol motifs (C(OH)–C–C–N with tert-alkyl or cyclic N) is 1. The van der Waals surface area contributed by atoms with Gasteiger partial charge in [0.15, 0.2) is 17.2 Å². The quantitative estimate of drug-likeness (QED) is 0.0286. The average Bonchev–Trinajstić information content (AvgIpc) is 4.25. The van der Waals surface area contributed by atoms with Gasteiger partial charge in [0, 0.05) is 37.2 Å². The number of nitrogens with zero attached hydrogens (tertiary/aromatic N) is 5. The Balaban J connectivity index is 0.718. The fourth-order valence-electron chi connectivity index (χ4n) is 9.46. The van der Waals surface area contributed by atoms with Crippen molar-refractivity contribution in [1.82, 2.24) is 25.0 Å². The Bertz CT molecular complexity index is 3200. The molecule has 19 nitrogen and oxygen atoms in total. The number of rotatable bonds is 27. The van der Waals surface area contributed by atoms with Crippen LogP contribution in [0.3, 0.4) is 0 Å². The van der Waals surface area contributed by atoms with E-state index < -0.39 is 52.7 Å². The number of aliphatic hydroxyl groups is 1. The van der Waals surface area contributed by atoms with Crippen molar-refractivity contribution in [2.24, 2.45) is 5.92 Å². The number of fused-ring (bicyclic) bond motifs is 1. The van der Waals surface area contributed by atoms with E-state index in [1.165, 1.54) is 53.7 Å². The molecule has 1 aromatic heterocycles. The average molecular weight is 1170 g/mol. The second kappa shape index (κ2) is 28.1. The third kappa shape index (κ3) is 15.0. The summed E-state index contributed by atoms with van der Waals surface area (Å²) < 4.78 is 80.9. The van der Waals surface area contributed by atoms with Gasteiger partial charge < -0.3 is 53.4 Å². The summed E-state index contributed by atoms with van der Waals surface area (Å²) in [5.74, 6) is -1.81. The lowest BCUT2D eigenvalue weighted by Gasteiger charge is -2.35. The lowest BCUT2D eigenvalue weighted by molar-refractivity contribution is -0.143. The van der Waals surface area contributed by atoms with Crippen LogP contribution in [0.2, 0.25) is 0 Å². The van der Waals surface area contributed by atoms with E-state index in [1.807, 2.05) is 51.1 Å². The predicted octanol–water partition coefficient (Wildman–Crippen LogP) is 8.93. The minimum absolute atomic E-state index is 0.00425. The molecule has 24 heteroatoms. The molecule has 2 saturated heterocycles. The van der Waals surface area contributed by atoms with Crippen molar-refractivity contribution in [1.29, 1.82) is 0 Å². The molecule has 3 atom stereocenters. The molecule has 4 aromatic carbocycles. The monoisotopic (exact) mass is 1170 g/mol. The van der Waals surface area contributed by atoms with E-state index in [1.54, 1.807) is 22.5 Å². The molecule has 0 bridgehead atoms. The van der Waals surface area contributed by atoms with Crippen molar-refractivity contribution in [2.45, 2.75) is 64.6 Å². The minimum Gasteiger partial charge on any atom is -0.493 e. The van der Waals surface area contributed by atoms with Gasteiger partial charge in [-0.1, -0.05) is 56.3 Å². The Morgan fingerprint density at radius 1 is 0.866 bits per heavy atom. The number of carbonyl (C=O) groups excluding carboxylic acids is 5. The van der Waals surface area contributed by atoms with Crippen LogP contribution in [0.4, 0.5) is 23.7 Å². The lowest BCUT2D eigenvalue weighted by Crippen LogP contribution is -2.55. The topological polar surface area (TPSA) is 209 Å². The van der Waals surface area contributed by atoms with E-state index in [9.17, 15) is 42.3 Å². The van der Waals surface area contributed by atoms with Gasteiger partial charge in [0.25, 0.3) is 17.1 Å². The highest BCUT2D eigenvalue weighted by atomic mass is 32.2. The molecule has 2 N–H and O–H groups in total. The zero-order chi connectivity index (χ0) is 58.5. The summed E-state index contributed by atoms with van der Waals surface area (Å²) >= 11 is 2.23. The van der Waals surface area contributed by atoms with Gasteiger partial charge >= 0.3 is 6.18 Å². The molecular weight excluding hydrogens is 1110 g/mol. The van der Waals surface area contributed by atoms with E-state index >= 15 is 0 Å². The molecule has 4 heterocycles. The standard InChI is InChI=1S/C58H61F3N6O13S2/c1-35(2)51(67-32-40-8-6-7-9-43(40)54(67)70)56(72)66-33-42(68)30-45(66)53(69)63-31-39-12-11-38(52-36(3)64-34-81-52)28-48(39)79-25-24-78-23-22-77-21-20-76-19-18-75-17-16-65-55(71)50(82-57(65)73)27-37-10-14-47(49(26-37)74-5)80-46-15-13-41(62-4)29-44(46)58(59,60)61/h6-15,26-29,34-35,42,45,51,68H,16-25,30-33H2,1-3,5H3,(H,63,69)/b50-27-/t42-,45+,51+/m1/s1. The first-order chi connectivity index (χ1) is 39.4. The summed E-state index contributed by atoms with van der Waals surface area (Å²) in [5.41, 5.74) is 4.70. The third-order valence-corrected chi connectivity index (χ3v) is 15.4. The number of carbonyl (C=O) groups is 5. The summed E-state index contributed by atoms with van der Waals surface area (Å²) in [6.07, 6.45) is -4.18. The number of likely N-dealkylation sites (tertiary alicyclic amines) is 1. The molecule has 0 saturated carbocycles. The van der Waals surface area contributed by atoms with Crippen LogP contribution in [-0.2, 0) is 52.6 Å². The largest absolute Gasteiger partial charge is 0.493 e. The maximum Gasteiger partial charge on any atom is 0.418 e. The fourth-order valence-corrected chi connectivity index (χ4v) is 11.1. The van der Waals surface area contributed by atoms with E-state index in [-0.39, 0.29) is 125 Å². The number of thiazole rings is 1. The number of amides is 5. The van der Waals surface area contributed by atoms with Gasteiger partial charge in [-0.25, -0.2) is 9.83 Å². The maximum absolute atomic E-state index is 14.2. The molecule has 2 fully saturated rings. The molecule has 8 rings (SSSR count). The van der Waals surface area contributed by atoms with Crippen molar-refractivity contribution < 1.29 is 75.4 Å². The molecular formula is C58H61F3N6O13S2. The highest BCUT2D eigenvalue weighted by Gasteiger charge is 2.46. The van der Waals surface area contributed by atoms with Crippen molar-refractivity contribution in [3.63, 3.8) is 0 Å². The molecule has 0 aliphatic carbocycles. The predicted molar refractivity (Wildman–Crippen MR) is 297 cm³/mol. The maximum atomic E-state index is 14.2. The highest BCUT2D eigenvalue weighted by Crippen LogP contribution is 2.43. The Hall–Kier alpha value is -7.37. The molecule has 3 aliphatic heterocycles. The van der Waals surface area contributed by atoms with E-state index in [0.717, 1.165) is 44.4 Å². The minimum atomic E-state index is -4.78. The summed E-state index contributed by atoms with van der Waals surface area (Å²) in [5, 5.41) is 13.2. The molecule has 3 aliphatic rings. The number of benzene rings is 4. The Labute approximate surface area is 480 Å². The first kappa shape index (κ1) is 60.7. The second-order valence-corrected chi connectivity index (χ2v) is 21.3. The number of halogens is 3. The van der Waals surface area contributed by atoms with E-state index in [2.05, 4.69) is 15.1 Å². The zero-order valence-electron chi connectivity index (χ0n) is 45.4. The number of nitrogens with one attached hydrogen (secondary N) is 1. The molecule has 434 valence electrons. The number of hydrogen-bond donors (Lipinski definition) is 2. The number of imide groups is 1. The van der Waals surface area contributed by atoms with Crippen LogP contribution in [-0.4, -0.2) is 152 Å². The van der Waals surface area contributed by atoms with Crippen molar-refractivity contribution >= 4 is 63.7 Å². The van der Waals surface area contributed by atoms with E-state index in [0.29, 0.717) is 35.1 Å². The SMILES string of the molecule is [C-]#[N+]c1ccc(Oc2ccc(/C=C3\SC(=O)N(CCOCCOCCOCCOCCOc4cc(-c5scnc5C)ccc4CNC(=O)[C@@H]4C[C@@H](O)CN4C(=O)[C@H](C(C)C)N4Cc5ccccc5C4=O)C3=O)cc2OC)c(C(F)(F)F)c1. The summed E-state index contributed by atoms with van der Waals surface area (Å²) in [4.78, 5) is 80.0. The van der Waals surface area contributed by atoms with Crippen molar-refractivity contribution in [3.05, 3.63) is 134 Å². The van der Waals surface area contributed by atoms with Gasteiger partial charge in [-0.2, -0.15) is 13.2 Å². The van der Waals surface area contributed by atoms with Crippen LogP contribution in [0.25, 0.3) is 21.4 Å². The Morgan fingerprint density at radius 2 is 1.56 bits per heavy atom. The molecule has 0 radical (unpaired) electrons. The Kier molecular flexibility index (Phi) is 20.8.